The van der Waals surface area contributed by atoms with Crippen LogP contribution in [0.1, 0.15) is 37.6 Å². The van der Waals surface area contributed by atoms with Crippen molar-refractivity contribution in [2.24, 2.45) is 0 Å². The number of ether oxygens (including phenoxy) is 1. The lowest BCUT2D eigenvalue weighted by Crippen LogP contribution is -2.46. The van der Waals surface area contributed by atoms with Crippen LogP contribution in [0.2, 0.25) is 6.04 Å². The summed E-state index contributed by atoms with van der Waals surface area (Å²) in [5.74, 6) is -0.0382. The summed E-state index contributed by atoms with van der Waals surface area (Å²) >= 11 is 0. The molecule has 2 aromatic carbocycles. The molecule has 0 aliphatic carbocycles. The van der Waals surface area contributed by atoms with E-state index >= 15 is 0 Å². The molecule has 0 heterocycles. The van der Waals surface area contributed by atoms with Crippen molar-refractivity contribution in [2.75, 3.05) is 31.7 Å². The van der Waals surface area contributed by atoms with Crippen LogP contribution in [0.4, 0.5) is 10.5 Å². The van der Waals surface area contributed by atoms with Crippen LogP contribution in [-0.2, 0) is 13.3 Å². The van der Waals surface area contributed by atoms with Crippen molar-refractivity contribution in [3.05, 3.63) is 60.2 Å². The zero-order valence-electron chi connectivity index (χ0n) is 18.9. The quantitative estimate of drug-likeness (QED) is 0.198. The van der Waals surface area contributed by atoms with E-state index in [0.29, 0.717) is 55.8 Å². The van der Waals surface area contributed by atoms with Gasteiger partial charge >= 0.3 is 20.8 Å². The molecule has 0 fully saturated rings. The van der Waals surface area contributed by atoms with Gasteiger partial charge in [0.2, 0.25) is 0 Å². The fourth-order valence-electron chi connectivity index (χ4n) is 3.06. The molecule has 2 amide bonds. The standard InChI is InChI=1S/C23H32N2O6Si/c1-4-28-32(29-5-2,30-6-3)17-11-16-24-23(27)25-20-13-10-12-19(18-20)22(26)31-21-14-8-7-9-15-21/h7-10,12-15,18H,4-6,11,16-17H2,1-3H3,(H2,24,25,27). The van der Waals surface area contributed by atoms with Crippen LogP contribution < -0.4 is 15.4 Å². The zero-order valence-corrected chi connectivity index (χ0v) is 19.9. The predicted molar refractivity (Wildman–Crippen MR) is 125 cm³/mol. The highest BCUT2D eigenvalue weighted by Crippen LogP contribution is 2.18. The van der Waals surface area contributed by atoms with Gasteiger partial charge < -0.3 is 28.6 Å². The highest BCUT2D eigenvalue weighted by molar-refractivity contribution is 6.60. The lowest BCUT2D eigenvalue weighted by molar-refractivity contribution is 0.0706. The lowest BCUT2D eigenvalue weighted by atomic mass is 10.2. The summed E-state index contributed by atoms with van der Waals surface area (Å²) in [4.78, 5) is 24.6. The Kier molecular flexibility index (Phi) is 10.9. The summed E-state index contributed by atoms with van der Waals surface area (Å²) < 4.78 is 22.8. The van der Waals surface area contributed by atoms with E-state index < -0.39 is 14.8 Å². The lowest BCUT2D eigenvalue weighted by Gasteiger charge is -2.28. The van der Waals surface area contributed by atoms with Gasteiger partial charge in [-0.3, -0.25) is 0 Å². The molecule has 0 spiro atoms. The molecule has 0 aliphatic rings. The van der Waals surface area contributed by atoms with Crippen LogP contribution >= 0.6 is 0 Å². The van der Waals surface area contributed by atoms with Crippen LogP contribution in [0, 0.1) is 0 Å². The largest absolute Gasteiger partial charge is 0.500 e. The summed E-state index contributed by atoms with van der Waals surface area (Å²) in [5, 5.41) is 5.54. The molecule has 32 heavy (non-hydrogen) atoms. The van der Waals surface area contributed by atoms with Crippen LogP contribution in [-0.4, -0.2) is 47.2 Å². The van der Waals surface area contributed by atoms with Crippen molar-refractivity contribution in [2.45, 2.75) is 33.2 Å². The van der Waals surface area contributed by atoms with E-state index in [1.54, 1.807) is 48.5 Å². The number of rotatable bonds is 13. The molecule has 0 aliphatic heterocycles. The smallest absolute Gasteiger partial charge is 0.423 e. The summed E-state index contributed by atoms with van der Waals surface area (Å²) in [7, 11) is -2.72. The Morgan fingerprint density at radius 1 is 0.875 bits per heavy atom. The Morgan fingerprint density at radius 3 is 2.16 bits per heavy atom. The van der Waals surface area contributed by atoms with Gasteiger partial charge in [-0.2, -0.15) is 0 Å². The van der Waals surface area contributed by atoms with E-state index in [2.05, 4.69) is 10.6 Å². The SMILES string of the molecule is CCO[Si](CCCNC(=O)Nc1cccc(C(=O)Oc2ccccc2)c1)(OCC)OCC. The Hall–Kier alpha value is -2.72. The minimum Gasteiger partial charge on any atom is -0.423 e. The van der Waals surface area contributed by atoms with Crippen LogP contribution in [0.15, 0.2) is 54.6 Å². The minimum atomic E-state index is -2.72. The first-order valence-corrected chi connectivity index (χ1v) is 12.8. The minimum absolute atomic E-state index is 0.340. The third kappa shape index (κ3) is 8.43. The number of hydrogen-bond donors (Lipinski definition) is 2. The average Bonchev–Trinajstić information content (AvgIpc) is 2.78. The van der Waals surface area contributed by atoms with Crippen molar-refractivity contribution < 1.29 is 27.6 Å². The van der Waals surface area contributed by atoms with Crippen molar-refractivity contribution in [3.8, 4) is 5.75 Å². The summed E-state index contributed by atoms with van der Waals surface area (Å²) in [6.07, 6.45) is 0.656. The maximum Gasteiger partial charge on any atom is 0.500 e. The first kappa shape index (κ1) is 25.5. The molecular formula is C23H32N2O6Si. The number of urea groups is 1. The molecule has 174 valence electrons. The molecule has 2 rings (SSSR count). The van der Waals surface area contributed by atoms with Gasteiger partial charge in [0.1, 0.15) is 5.75 Å². The van der Waals surface area contributed by atoms with Gasteiger partial charge in [-0.25, -0.2) is 9.59 Å². The molecule has 0 radical (unpaired) electrons. The monoisotopic (exact) mass is 460 g/mol. The second-order valence-electron chi connectivity index (χ2n) is 6.75. The molecule has 9 heteroatoms. The molecule has 0 saturated heterocycles. The molecule has 0 unspecified atom stereocenters. The second-order valence-corrected chi connectivity index (χ2v) is 9.48. The second kappa shape index (κ2) is 13.6. The summed E-state index contributed by atoms with van der Waals surface area (Å²) in [6.45, 7) is 7.72. The Morgan fingerprint density at radius 2 is 1.53 bits per heavy atom. The number of amides is 2. The topological polar surface area (TPSA) is 95.1 Å². The van der Waals surface area contributed by atoms with Crippen molar-refractivity contribution in [3.63, 3.8) is 0 Å². The fraction of sp³-hybridized carbons (Fsp3) is 0.391. The van der Waals surface area contributed by atoms with Gasteiger partial charge in [0.05, 0.1) is 5.56 Å². The molecule has 8 nitrogen and oxygen atoms in total. The molecule has 0 atom stereocenters. The number of nitrogens with one attached hydrogen (secondary N) is 2. The van der Waals surface area contributed by atoms with E-state index in [0.717, 1.165) is 0 Å². The Bertz CT molecular complexity index is 832. The normalized spacial score (nSPS) is 11.1. The molecular weight excluding hydrogens is 428 g/mol. The van der Waals surface area contributed by atoms with Gasteiger partial charge in [-0.1, -0.05) is 24.3 Å². The highest BCUT2D eigenvalue weighted by atomic mass is 28.4. The van der Waals surface area contributed by atoms with Crippen LogP contribution in [0.25, 0.3) is 0 Å². The maximum atomic E-state index is 12.3. The fourth-order valence-corrected chi connectivity index (χ4v) is 5.67. The third-order valence-electron chi connectivity index (χ3n) is 4.35. The number of anilines is 1. The Labute approximate surface area is 190 Å². The Balaban J connectivity index is 1.84. The summed E-state index contributed by atoms with van der Waals surface area (Å²) in [6, 6.07) is 15.7. The van der Waals surface area contributed by atoms with Crippen molar-refractivity contribution in [1.82, 2.24) is 5.32 Å². The average molecular weight is 461 g/mol. The third-order valence-corrected chi connectivity index (χ3v) is 7.50. The highest BCUT2D eigenvalue weighted by Gasteiger charge is 2.39. The molecule has 0 aromatic heterocycles. The van der Waals surface area contributed by atoms with Gasteiger partial charge in [-0.15, -0.1) is 0 Å². The molecule has 0 bridgehead atoms. The van der Waals surface area contributed by atoms with Gasteiger partial charge in [-0.05, 0) is 57.5 Å². The van der Waals surface area contributed by atoms with Crippen molar-refractivity contribution in [1.29, 1.82) is 0 Å². The number of esters is 1. The van der Waals surface area contributed by atoms with Crippen LogP contribution in [0.5, 0.6) is 5.75 Å². The first-order valence-electron chi connectivity index (χ1n) is 10.9. The van der Waals surface area contributed by atoms with Crippen molar-refractivity contribution >= 4 is 26.5 Å². The maximum absolute atomic E-state index is 12.3. The number of carbonyl (C=O) groups excluding carboxylic acids is 2. The molecule has 0 saturated carbocycles. The predicted octanol–water partition coefficient (Wildman–Crippen LogP) is 4.47. The number of para-hydroxylation sites is 1. The number of benzene rings is 2. The van der Waals surface area contributed by atoms with Crippen LogP contribution in [0.3, 0.4) is 0 Å². The van der Waals surface area contributed by atoms with E-state index in [9.17, 15) is 9.59 Å². The van der Waals surface area contributed by atoms with E-state index in [-0.39, 0.29) is 6.03 Å². The molecule has 2 N–H and O–H groups in total. The number of carbonyl (C=O) groups is 2. The van der Waals surface area contributed by atoms with E-state index in [1.165, 1.54) is 0 Å². The first-order chi connectivity index (χ1) is 15.5. The zero-order chi connectivity index (χ0) is 23.2. The number of hydrogen-bond acceptors (Lipinski definition) is 6. The molecule has 2 aromatic rings. The van der Waals surface area contributed by atoms with Gasteiger partial charge in [0.15, 0.2) is 0 Å². The van der Waals surface area contributed by atoms with E-state index in [1.807, 2.05) is 26.8 Å². The van der Waals surface area contributed by atoms with E-state index in [4.69, 9.17) is 18.0 Å². The van der Waals surface area contributed by atoms with Gasteiger partial charge in [0, 0.05) is 38.1 Å². The summed E-state index contributed by atoms with van der Waals surface area (Å²) in [5.41, 5.74) is 0.833. The van der Waals surface area contributed by atoms with Gasteiger partial charge in [0.25, 0.3) is 0 Å².